The van der Waals surface area contributed by atoms with Crippen LogP contribution < -0.4 is 5.32 Å². The summed E-state index contributed by atoms with van der Waals surface area (Å²) in [6, 6.07) is 7.39. The molecule has 3 nitrogen and oxygen atoms in total. The number of esters is 1. The fourth-order valence-electron chi connectivity index (χ4n) is 2.26. The van der Waals surface area contributed by atoms with Gasteiger partial charge in [-0.15, -0.1) is 0 Å². The van der Waals surface area contributed by atoms with Crippen molar-refractivity contribution >= 4 is 23.3 Å². The maximum Gasteiger partial charge on any atom is 0.331 e. The smallest absolute Gasteiger partial charge is 0.331 e. The minimum absolute atomic E-state index is 0.198. The molecular weight excluding hydrogens is 286 g/mol. The van der Waals surface area contributed by atoms with E-state index in [0.717, 1.165) is 24.9 Å². The molecule has 1 rings (SSSR count). The highest BCUT2D eigenvalue weighted by Gasteiger charge is 2.34. The number of unbranched alkanes of at least 4 members (excludes halogenated alkanes) is 3. The van der Waals surface area contributed by atoms with Crippen LogP contribution in [0.3, 0.4) is 0 Å². The summed E-state index contributed by atoms with van der Waals surface area (Å²) in [6.45, 7) is 6.31. The van der Waals surface area contributed by atoms with E-state index in [1.807, 2.05) is 38.1 Å². The van der Waals surface area contributed by atoms with Crippen LogP contribution in [0.1, 0.15) is 52.9 Å². The summed E-state index contributed by atoms with van der Waals surface area (Å²) in [5.74, 6) is -0.198. The fraction of sp³-hybridized carbons (Fsp3) is 0.588. The van der Waals surface area contributed by atoms with Crippen LogP contribution in [0.15, 0.2) is 24.3 Å². The summed E-state index contributed by atoms with van der Waals surface area (Å²) in [4.78, 5) is 12.3. The molecule has 0 saturated carbocycles. The van der Waals surface area contributed by atoms with Gasteiger partial charge in [0, 0.05) is 10.7 Å². The van der Waals surface area contributed by atoms with Crippen LogP contribution in [0.25, 0.3) is 0 Å². The van der Waals surface area contributed by atoms with Crippen LogP contribution in [0.5, 0.6) is 0 Å². The molecule has 21 heavy (non-hydrogen) atoms. The molecule has 1 aromatic rings. The number of rotatable bonds is 9. The molecule has 0 aliphatic rings. The van der Waals surface area contributed by atoms with Crippen LogP contribution >= 0.6 is 11.6 Å². The van der Waals surface area contributed by atoms with Crippen LogP contribution in [0.4, 0.5) is 5.69 Å². The molecule has 118 valence electrons. The van der Waals surface area contributed by atoms with Crippen molar-refractivity contribution in [3.63, 3.8) is 0 Å². The summed E-state index contributed by atoms with van der Waals surface area (Å²) in [5.41, 5.74) is 0.183. The number of carbonyl (C=O) groups excluding carboxylic acids is 1. The second-order valence-corrected chi connectivity index (χ2v) is 5.93. The van der Waals surface area contributed by atoms with Crippen LogP contribution in [0, 0.1) is 0 Å². The Kier molecular flexibility index (Phi) is 7.58. The van der Waals surface area contributed by atoms with E-state index in [0.29, 0.717) is 11.6 Å². The Bertz CT molecular complexity index is 433. The zero-order valence-corrected chi connectivity index (χ0v) is 14.0. The van der Waals surface area contributed by atoms with Gasteiger partial charge in [-0.2, -0.15) is 0 Å². The largest absolute Gasteiger partial charge is 0.464 e. The monoisotopic (exact) mass is 311 g/mol. The third-order valence-corrected chi connectivity index (χ3v) is 3.77. The second kappa shape index (κ2) is 8.93. The Morgan fingerprint density at radius 1 is 1.19 bits per heavy atom. The molecule has 1 aromatic carbocycles. The first kappa shape index (κ1) is 17.8. The second-order valence-electron chi connectivity index (χ2n) is 5.50. The van der Waals surface area contributed by atoms with E-state index < -0.39 is 5.54 Å². The number of hydrogen-bond acceptors (Lipinski definition) is 3. The van der Waals surface area contributed by atoms with Crippen molar-refractivity contribution in [2.24, 2.45) is 0 Å². The lowest BCUT2D eigenvalue weighted by Crippen LogP contribution is -2.44. The van der Waals surface area contributed by atoms with Gasteiger partial charge in [-0.05, 0) is 44.5 Å². The zero-order chi connectivity index (χ0) is 15.7. The van der Waals surface area contributed by atoms with Gasteiger partial charge in [-0.3, -0.25) is 0 Å². The average molecular weight is 312 g/mol. The Labute approximate surface area is 133 Å². The van der Waals surface area contributed by atoms with Gasteiger partial charge >= 0.3 is 5.97 Å². The highest BCUT2D eigenvalue weighted by molar-refractivity contribution is 6.30. The lowest BCUT2D eigenvalue weighted by molar-refractivity contribution is -0.148. The number of nitrogens with one attached hydrogen (secondary N) is 1. The molecule has 0 spiro atoms. The minimum Gasteiger partial charge on any atom is -0.464 e. The SMILES string of the molecule is CCCCCCC(C)(Nc1ccc(Cl)cc1)C(=O)OCC. The maximum atomic E-state index is 12.3. The van der Waals surface area contributed by atoms with Crippen molar-refractivity contribution in [2.45, 2.75) is 58.4 Å². The fourth-order valence-corrected chi connectivity index (χ4v) is 2.39. The summed E-state index contributed by atoms with van der Waals surface area (Å²) in [5, 5.41) is 3.99. The summed E-state index contributed by atoms with van der Waals surface area (Å²) >= 11 is 5.89. The van der Waals surface area contributed by atoms with E-state index in [2.05, 4.69) is 12.2 Å². The van der Waals surface area contributed by atoms with Crippen molar-refractivity contribution in [3.05, 3.63) is 29.3 Å². The summed E-state index contributed by atoms with van der Waals surface area (Å²) in [6.07, 6.45) is 5.27. The molecule has 0 aromatic heterocycles. The molecule has 0 radical (unpaired) electrons. The van der Waals surface area contributed by atoms with E-state index in [9.17, 15) is 4.79 Å². The Morgan fingerprint density at radius 3 is 2.43 bits per heavy atom. The molecular formula is C17H26ClNO2. The predicted molar refractivity (Wildman–Crippen MR) is 88.9 cm³/mol. The molecule has 4 heteroatoms. The number of halogens is 1. The lowest BCUT2D eigenvalue weighted by Gasteiger charge is -2.29. The highest BCUT2D eigenvalue weighted by atomic mass is 35.5. The standard InChI is InChI=1S/C17H26ClNO2/c1-4-6-7-8-13-17(3,16(20)21-5-2)19-15-11-9-14(18)10-12-15/h9-12,19H,4-8,13H2,1-3H3. The molecule has 0 fully saturated rings. The molecule has 0 saturated heterocycles. The molecule has 0 bridgehead atoms. The summed E-state index contributed by atoms with van der Waals surface area (Å²) in [7, 11) is 0. The van der Waals surface area contributed by atoms with Gasteiger partial charge in [0.05, 0.1) is 6.61 Å². The van der Waals surface area contributed by atoms with Gasteiger partial charge in [0.1, 0.15) is 5.54 Å². The Morgan fingerprint density at radius 2 is 1.86 bits per heavy atom. The minimum atomic E-state index is -0.697. The van der Waals surface area contributed by atoms with Crippen molar-refractivity contribution < 1.29 is 9.53 Å². The molecule has 0 aliphatic carbocycles. The van der Waals surface area contributed by atoms with E-state index in [1.165, 1.54) is 12.8 Å². The molecule has 0 amide bonds. The van der Waals surface area contributed by atoms with E-state index in [4.69, 9.17) is 16.3 Å². The number of hydrogen-bond donors (Lipinski definition) is 1. The molecule has 1 N–H and O–H groups in total. The normalized spacial score (nSPS) is 13.5. The predicted octanol–water partition coefficient (Wildman–Crippen LogP) is 5.04. The molecule has 0 aliphatic heterocycles. The van der Waals surface area contributed by atoms with Crippen molar-refractivity contribution in [1.29, 1.82) is 0 Å². The van der Waals surface area contributed by atoms with Crippen LogP contribution in [-0.2, 0) is 9.53 Å². The van der Waals surface area contributed by atoms with Gasteiger partial charge in [0.2, 0.25) is 0 Å². The third kappa shape index (κ3) is 5.96. The number of benzene rings is 1. The number of carbonyl (C=O) groups is 1. The van der Waals surface area contributed by atoms with Gasteiger partial charge in [0.15, 0.2) is 0 Å². The molecule has 1 atom stereocenters. The van der Waals surface area contributed by atoms with E-state index in [-0.39, 0.29) is 5.97 Å². The quantitative estimate of drug-likeness (QED) is 0.512. The van der Waals surface area contributed by atoms with Gasteiger partial charge in [-0.25, -0.2) is 4.79 Å². The molecule has 1 unspecified atom stereocenters. The van der Waals surface area contributed by atoms with Gasteiger partial charge < -0.3 is 10.1 Å². The van der Waals surface area contributed by atoms with Gasteiger partial charge in [-0.1, -0.05) is 44.2 Å². The highest BCUT2D eigenvalue weighted by Crippen LogP contribution is 2.24. The Hall–Kier alpha value is -1.22. The van der Waals surface area contributed by atoms with Gasteiger partial charge in [0.25, 0.3) is 0 Å². The Balaban J connectivity index is 2.74. The first-order valence-corrected chi connectivity index (χ1v) is 8.10. The van der Waals surface area contributed by atoms with Crippen LogP contribution in [0.2, 0.25) is 5.02 Å². The number of ether oxygens (including phenoxy) is 1. The molecule has 0 heterocycles. The number of anilines is 1. The summed E-state index contributed by atoms with van der Waals surface area (Å²) < 4.78 is 5.23. The van der Waals surface area contributed by atoms with E-state index in [1.54, 1.807) is 0 Å². The average Bonchev–Trinajstić information content (AvgIpc) is 2.46. The first-order chi connectivity index (χ1) is 10.0. The zero-order valence-electron chi connectivity index (χ0n) is 13.2. The third-order valence-electron chi connectivity index (χ3n) is 3.52. The van der Waals surface area contributed by atoms with Crippen LogP contribution in [-0.4, -0.2) is 18.1 Å². The van der Waals surface area contributed by atoms with Crippen molar-refractivity contribution in [2.75, 3.05) is 11.9 Å². The topological polar surface area (TPSA) is 38.3 Å². The maximum absolute atomic E-state index is 12.3. The van der Waals surface area contributed by atoms with Crippen molar-refractivity contribution in [3.8, 4) is 0 Å². The van der Waals surface area contributed by atoms with Crippen molar-refractivity contribution in [1.82, 2.24) is 0 Å². The van der Waals surface area contributed by atoms with E-state index >= 15 is 0 Å². The lowest BCUT2D eigenvalue weighted by atomic mass is 9.93. The first-order valence-electron chi connectivity index (χ1n) is 7.73.